The number of carbonyl (C=O) groups is 6. The molecular weight excluding hydrogens is 728 g/mol. The van der Waals surface area contributed by atoms with Crippen LogP contribution >= 0.6 is 0 Å². The Labute approximate surface area is 319 Å². The quantitative estimate of drug-likeness (QED) is 0.0846. The lowest BCUT2D eigenvalue weighted by Crippen LogP contribution is -2.46. The first-order valence-corrected chi connectivity index (χ1v) is 17.1. The number of carboxylic acids is 4. The molecule has 1 aromatic carbocycles. The van der Waals surface area contributed by atoms with Gasteiger partial charge in [0.1, 0.15) is 12.1 Å². The highest BCUT2D eigenvalue weighted by atomic mass is 16.4. The van der Waals surface area contributed by atoms with E-state index in [1.165, 1.54) is 0 Å². The number of rotatable bonds is 20. The molecule has 0 aliphatic rings. The summed E-state index contributed by atoms with van der Waals surface area (Å²) in [7, 11) is 0. The number of carbonyl (C=O) groups excluding carboxylic acids is 6. The number of aliphatic carboxylic acids is 4. The van der Waals surface area contributed by atoms with Crippen LogP contribution in [0.3, 0.4) is 0 Å². The van der Waals surface area contributed by atoms with Crippen molar-refractivity contribution in [2.45, 2.75) is 116 Å². The predicted molar refractivity (Wildman–Crippen MR) is 195 cm³/mol. The fourth-order valence-corrected chi connectivity index (χ4v) is 4.07. The van der Waals surface area contributed by atoms with Gasteiger partial charge in [0.15, 0.2) is 0 Å². The molecular formula is C35H56N6O14. The Bertz CT molecular complexity index is 1370. The van der Waals surface area contributed by atoms with Crippen LogP contribution in [0.15, 0.2) is 24.3 Å². The molecule has 1 rings (SSSR count). The fraction of sp³-hybridized carbons (Fsp3) is 0.600. The third-order valence-electron chi connectivity index (χ3n) is 6.47. The van der Waals surface area contributed by atoms with Crippen LogP contribution in [0.1, 0.15) is 92.1 Å². The smallest absolute Gasteiger partial charge is 0.373 e. The molecule has 0 unspecified atom stereocenters. The Balaban J connectivity index is -0.000000864. The number of hydrogen-bond donors (Lipinski definition) is 10. The highest BCUT2D eigenvalue weighted by Crippen LogP contribution is 2.15. The zero-order valence-electron chi connectivity index (χ0n) is 32.1. The summed E-state index contributed by atoms with van der Waals surface area (Å²) in [5, 5.41) is 51.5. The summed E-state index contributed by atoms with van der Waals surface area (Å²) < 4.78 is 0. The third kappa shape index (κ3) is 37.7. The van der Waals surface area contributed by atoms with Crippen LogP contribution in [0.4, 0.5) is 15.3 Å². The van der Waals surface area contributed by atoms with Crippen LogP contribution in [0.5, 0.6) is 0 Å². The normalized spacial score (nSPS) is 11.2. The second-order valence-electron chi connectivity index (χ2n) is 13.7. The number of benzene rings is 1. The van der Waals surface area contributed by atoms with E-state index in [2.05, 4.69) is 73.4 Å². The highest BCUT2D eigenvalue weighted by Gasteiger charge is 2.21. The van der Waals surface area contributed by atoms with E-state index in [0.717, 1.165) is 37.1 Å². The summed E-state index contributed by atoms with van der Waals surface area (Å²) >= 11 is 0. The molecule has 0 radical (unpaired) electrons. The minimum absolute atomic E-state index is 0.0253. The fourth-order valence-electron chi connectivity index (χ4n) is 4.07. The van der Waals surface area contributed by atoms with Crippen LogP contribution in [0.2, 0.25) is 0 Å². The lowest BCUT2D eigenvalue weighted by molar-refractivity contribution is -0.193. The molecule has 10 N–H and O–H groups in total. The summed E-state index contributed by atoms with van der Waals surface area (Å²) in [4.78, 5) is 98.8. The van der Waals surface area contributed by atoms with Crippen molar-refractivity contribution in [1.82, 2.24) is 26.6 Å². The number of hydrogen-bond acceptors (Lipinski definition) is 12. The standard InChI is InChI=1S/C18H27N3O5.C15H29N3O5.2CO2/c1-18(2,3)21-13-6-4-12(5-7-13)10-11-19-17(26)20-14(16(24)25)8-9-15(22)23;1-15(2,3)17-10-6-4-5-9-16-14(23)18-11(13(21)22)7-8-12(19)20;2*2-1-3/h4-7,14,21H,8-11H2,1-3H3,(H,22,23)(H,24,25)(H2,19,20,26);11,17H,4-10H2,1-3H3,(H,19,20)(H,21,22)(H2,16,18,23);;/t14-;11-;;/m00../s1. The number of urea groups is 2. The van der Waals surface area contributed by atoms with Gasteiger partial charge in [0.2, 0.25) is 0 Å². The van der Waals surface area contributed by atoms with E-state index in [1.54, 1.807) is 0 Å². The van der Waals surface area contributed by atoms with Gasteiger partial charge >= 0.3 is 48.2 Å². The van der Waals surface area contributed by atoms with E-state index in [1.807, 2.05) is 24.3 Å². The van der Waals surface area contributed by atoms with Gasteiger partial charge < -0.3 is 52.3 Å². The summed E-state index contributed by atoms with van der Waals surface area (Å²) in [6.45, 7) is 14.2. The molecule has 55 heavy (non-hydrogen) atoms. The molecule has 0 spiro atoms. The Morgan fingerprint density at radius 2 is 1.00 bits per heavy atom. The van der Waals surface area contributed by atoms with Crippen molar-refractivity contribution in [2.75, 3.05) is 25.0 Å². The van der Waals surface area contributed by atoms with Gasteiger partial charge in [-0.05, 0) is 97.9 Å². The van der Waals surface area contributed by atoms with Gasteiger partial charge in [0.25, 0.3) is 0 Å². The van der Waals surface area contributed by atoms with Crippen molar-refractivity contribution in [2.24, 2.45) is 0 Å². The van der Waals surface area contributed by atoms with Crippen molar-refractivity contribution in [3.63, 3.8) is 0 Å². The lowest BCUT2D eigenvalue weighted by atomic mass is 10.1. The van der Waals surface area contributed by atoms with Gasteiger partial charge in [0.05, 0.1) is 0 Å². The first kappa shape index (κ1) is 53.5. The van der Waals surface area contributed by atoms with E-state index in [-0.39, 0.29) is 49.1 Å². The van der Waals surface area contributed by atoms with Gasteiger partial charge in [-0.2, -0.15) is 19.2 Å². The maximum absolute atomic E-state index is 11.8. The molecule has 4 amide bonds. The first-order chi connectivity index (χ1) is 25.5. The van der Waals surface area contributed by atoms with Crippen LogP contribution in [0.25, 0.3) is 0 Å². The number of anilines is 1. The molecule has 0 aromatic heterocycles. The van der Waals surface area contributed by atoms with E-state index in [4.69, 9.17) is 39.6 Å². The largest absolute Gasteiger partial charge is 0.481 e. The maximum atomic E-state index is 11.8. The van der Waals surface area contributed by atoms with Crippen molar-refractivity contribution in [3.05, 3.63) is 29.8 Å². The zero-order valence-corrected chi connectivity index (χ0v) is 32.1. The second-order valence-corrected chi connectivity index (χ2v) is 13.7. The number of nitrogens with one attached hydrogen (secondary N) is 6. The van der Waals surface area contributed by atoms with Crippen LogP contribution in [-0.2, 0) is 44.8 Å². The minimum atomic E-state index is -1.26. The molecule has 20 nitrogen and oxygen atoms in total. The zero-order chi connectivity index (χ0) is 43.0. The van der Waals surface area contributed by atoms with Gasteiger partial charge in [-0.1, -0.05) is 18.6 Å². The maximum Gasteiger partial charge on any atom is 0.373 e. The van der Waals surface area contributed by atoms with Gasteiger partial charge in [-0.15, -0.1) is 0 Å². The first-order valence-electron chi connectivity index (χ1n) is 17.1. The SMILES string of the molecule is CC(C)(C)NCCCCCNC(=O)N[C@@H](CCC(=O)O)C(=O)O.CC(C)(C)Nc1ccc(CCNC(=O)N[C@@H](CCC(=O)O)C(=O)O)cc1.O=C=O.O=C=O. The molecule has 1 aromatic rings. The second kappa shape index (κ2) is 30.6. The molecule has 310 valence electrons. The highest BCUT2D eigenvalue weighted by molar-refractivity contribution is 5.83. The van der Waals surface area contributed by atoms with Gasteiger partial charge in [-0.3, -0.25) is 9.59 Å². The monoisotopic (exact) mass is 784 g/mol. The predicted octanol–water partition coefficient (Wildman–Crippen LogP) is 2.05. The molecule has 0 aliphatic carbocycles. The Morgan fingerprint density at radius 1 is 0.600 bits per heavy atom. The minimum Gasteiger partial charge on any atom is -0.481 e. The van der Waals surface area contributed by atoms with Gasteiger partial charge in [-0.25, -0.2) is 19.2 Å². The molecule has 0 bridgehead atoms. The molecule has 0 fully saturated rings. The van der Waals surface area contributed by atoms with Crippen molar-refractivity contribution < 1.29 is 68.4 Å². The van der Waals surface area contributed by atoms with E-state index in [9.17, 15) is 28.8 Å². The Hall–Kier alpha value is -5.84. The van der Waals surface area contributed by atoms with E-state index < -0.39 is 48.0 Å². The average molecular weight is 785 g/mol. The molecule has 20 heteroatoms. The van der Waals surface area contributed by atoms with Gasteiger partial charge in [0, 0.05) is 42.7 Å². The van der Waals surface area contributed by atoms with E-state index in [0.29, 0.717) is 19.5 Å². The summed E-state index contributed by atoms with van der Waals surface area (Å²) in [5.41, 5.74) is 2.11. The van der Waals surface area contributed by atoms with Crippen molar-refractivity contribution in [3.8, 4) is 0 Å². The third-order valence-corrected chi connectivity index (χ3v) is 6.47. The number of amides is 4. The number of carboxylic acid groups (broad SMARTS) is 4. The summed E-state index contributed by atoms with van der Waals surface area (Å²) in [6, 6.07) is 4.21. The summed E-state index contributed by atoms with van der Waals surface area (Å²) in [5.74, 6) is -4.71. The van der Waals surface area contributed by atoms with Crippen LogP contribution < -0.4 is 31.9 Å². The summed E-state index contributed by atoms with van der Waals surface area (Å²) in [6.07, 6.45) is 2.89. The molecule has 0 heterocycles. The number of unbranched alkanes of at least 4 members (excludes halogenated alkanes) is 2. The average Bonchev–Trinajstić information content (AvgIpc) is 3.04. The molecule has 2 atom stereocenters. The molecule has 0 aliphatic heterocycles. The Kier molecular flexibility index (Phi) is 29.8. The molecule has 0 saturated heterocycles. The molecule has 0 saturated carbocycles. The van der Waals surface area contributed by atoms with Crippen LogP contribution in [0, 0.1) is 0 Å². The topological polar surface area (TPSA) is 324 Å². The van der Waals surface area contributed by atoms with Crippen LogP contribution in [-0.4, -0.2) is 111 Å². The van der Waals surface area contributed by atoms with Crippen molar-refractivity contribution in [1.29, 1.82) is 0 Å². The Morgan fingerprint density at radius 3 is 1.36 bits per heavy atom. The lowest BCUT2D eigenvalue weighted by Gasteiger charge is -2.22. The van der Waals surface area contributed by atoms with Crippen molar-refractivity contribution >= 4 is 53.9 Å². The van der Waals surface area contributed by atoms with E-state index >= 15 is 0 Å².